The van der Waals surface area contributed by atoms with E-state index < -0.39 is 0 Å². The molecule has 0 radical (unpaired) electrons. The number of aromatic nitrogens is 2. The van der Waals surface area contributed by atoms with E-state index in [1.807, 2.05) is 18.5 Å². The first-order chi connectivity index (χ1) is 8.65. The summed E-state index contributed by atoms with van der Waals surface area (Å²) in [7, 11) is 1.95. The van der Waals surface area contributed by atoms with Gasteiger partial charge in [0.25, 0.3) is 0 Å². The summed E-state index contributed by atoms with van der Waals surface area (Å²) in [5, 5.41) is 9.31. The zero-order valence-corrected chi connectivity index (χ0v) is 13.0. The van der Waals surface area contributed by atoms with Gasteiger partial charge in [-0.2, -0.15) is 4.98 Å². The normalized spacial score (nSPS) is 14.7. The monoisotopic (exact) mass is 329 g/mol. The second kappa shape index (κ2) is 5.95. The first-order valence-electron chi connectivity index (χ1n) is 5.91. The van der Waals surface area contributed by atoms with Crippen LogP contribution in [0, 0.1) is 0 Å². The SMILES string of the molecule is CCC(c1nc(-c2cc(Br)cs2)no1)C(C)NC. The van der Waals surface area contributed by atoms with Crippen molar-refractivity contribution in [3.63, 3.8) is 0 Å². The molecule has 0 amide bonds. The van der Waals surface area contributed by atoms with Crippen LogP contribution in [-0.4, -0.2) is 23.2 Å². The van der Waals surface area contributed by atoms with Crippen molar-refractivity contribution in [2.24, 2.45) is 0 Å². The number of halogens is 1. The molecule has 2 atom stereocenters. The summed E-state index contributed by atoms with van der Waals surface area (Å²) in [6, 6.07) is 2.32. The minimum atomic E-state index is 0.250. The van der Waals surface area contributed by atoms with Crippen LogP contribution in [-0.2, 0) is 0 Å². The van der Waals surface area contributed by atoms with Crippen LogP contribution >= 0.6 is 27.3 Å². The average molecular weight is 330 g/mol. The molecule has 6 heteroatoms. The molecule has 4 nitrogen and oxygen atoms in total. The van der Waals surface area contributed by atoms with Gasteiger partial charge in [-0.1, -0.05) is 12.1 Å². The maximum Gasteiger partial charge on any atom is 0.231 e. The molecule has 0 saturated carbocycles. The van der Waals surface area contributed by atoms with Gasteiger partial charge in [-0.15, -0.1) is 11.3 Å². The Kier molecular flexibility index (Phi) is 4.53. The Morgan fingerprint density at radius 3 is 2.89 bits per heavy atom. The molecule has 2 aromatic rings. The van der Waals surface area contributed by atoms with Crippen LogP contribution in [0.25, 0.3) is 10.7 Å². The van der Waals surface area contributed by atoms with Gasteiger partial charge in [-0.3, -0.25) is 0 Å². The summed E-state index contributed by atoms with van der Waals surface area (Å²) in [5.74, 6) is 1.63. The molecule has 0 bridgehead atoms. The molecular formula is C12H16BrN3OS. The van der Waals surface area contributed by atoms with E-state index in [1.54, 1.807) is 11.3 Å². The Morgan fingerprint density at radius 2 is 2.33 bits per heavy atom. The molecule has 2 rings (SSSR count). The van der Waals surface area contributed by atoms with Crippen molar-refractivity contribution in [2.45, 2.75) is 32.2 Å². The molecule has 0 aliphatic rings. The van der Waals surface area contributed by atoms with Crippen LogP contribution < -0.4 is 5.32 Å². The highest BCUT2D eigenvalue weighted by Gasteiger charge is 2.23. The van der Waals surface area contributed by atoms with Crippen molar-refractivity contribution < 1.29 is 4.52 Å². The predicted octanol–water partition coefficient (Wildman–Crippen LogP) is 3.66. The summed E-state index contributed by atoms with van der Waals surface area (Å²) in [4.78, 5) is 5.52. The Balaban J connectivity index is 2.24. The molecule has 0 aliphatic heterocycles. The fourth-order valence-corrected chi connectivity index (χ4v) is 3.21. The lowest BCUT2D eigenvalue weighted by atomic mass is 9.98. The second-order valence-electron chi connectivity index (χ2n) is 4.18. The highest BCUT2D eigenvalue weighted by atomic mass is 79.9. The lowest BCUT2D eigenvalue weighted by molar-refractivity contribution is 0.322. The summed E-state index contributed by atoms with van der Waals surface area (Å²) >= 11 is 5.03. The summed E-state index contributed by atoms with van der Waals surface area (Å²) < 4.78 is 6.44. The Bertz CT molecular complexity index is 511. The van der Waals surface area contributed by atoms with Crippen LogP contribution in [0.5, 0.6) is 0 Å². The van der Waals surface area contributed by atoms with Gasteiger partial charge in [0, 0.05) is 15.9 Å². The van der Waals surface area contributed by atoms with Crippen molar-refractivity contribution in [1.29, 1.82) is 0 Å². The van der Waals surface area contributed by atoms with Gasteiger partial charge in [0.05, 0.1) is 10.8 Å². The van der Waals surface area contributed by atoms with Crippen LogP contribution in [0.3, 0.4) is 0 Å². The predicted molar refractivity (Wildman–Crippen MR) is 76.9 cm³/mol. The largest absolute Gasteiger partial charge is 0.339 e. The van der Waals surface area contributed by atoms with Crippen molar-refractivity contribution in [1.82, 2.24) is 15.5 Å². The van der Waals surface area contributed by atoms with Crippen molar-refractivity contribution in [2.75, 3.05) is 7.05 Å². The first-order valence-corrected chi connectivity index (χ1v) is 7.58. The summed E-state index contributed by atoms with van der Waals surface area (Å²) in [6.07, 6.45) is 0.970. The molecule has 0 aromatic carbocycles. The quantitative estimate of drug-likeness (QED) is 0.909. The van der Waals surface area contributed by atoms with E-state index in [2.05, 4.69) is 45.2 Å². The Hall–Kier alpha value is -0.720. The van der Waals surface area contributed by atoms with Crippen molar-refractivity contribution >= 4 is 27.3 Å². The molecule has 0 spiro atoms. The van der Waals surface area contributed by atoms with Crippen molar-refractivity contribution in [3.05, 3.63) is 21.8 Å². The van der Waals surface area contributed by atoms with Gasteiger partial charge < -0.3 is 9.84 Å². The number of hydrogen-bond donors (Lipinski definition) is 1. The van der Waals surface area contributed by atoms with Gasteiger partial charge in [0.1, 0.15) is 0 Å². The van der Waals surface area contributed by atoms with E-state index in [0.29, 0.717) is 17.8 Å². The summed E-state index contributed by atoms with van der Waals surface area (Å²) in [6.45, 7) is 4.25. The molecular weight excluding hydrogens is 314 g/mol. The Morgan fingerprint density at radius 1 is 1.56 bits per heavy atom. The minimum absolute atomic E-state index is 0.250. The zero-order valence-electron chi connectivity index (χ0n) is 10.6. The highest BCUT2D eigenvalue weighted by molar-refractivity contribution is 9.10. The number of hydrogen-bond acceptors (Lipinski definition) is 5. The lowest BCUT2D eigenvalue weighted by Crippen LogP contribution is -2.28. The van der Waals surface area contributed by atoms with E-state index >= 15 is 0 Å². The first kappa shape index (κ1) is 13.7. The number of nitrogens with one attached hydrogen (secondary N) is 1. The number of rotatable bonds is 5. The van der Waals surface area contributed by atoms with Crippen LogP contribution in [0.2, 0.25) is 0 Å². The van der Waals surface area contributed by atoms with E-state index in [9.17, 15) is 0 Å². The standard InChI is InChI=1S/C12H16BrN3OS/c1-4-9(7(2)14-3)12-15-11(16-17-12)10-5-8(13)6-18-10/h5-7,9,14H,4H2,1-3H3. The smallest absolute Gasteiger partial charge is 0.231 e. The van der Waals surface area contributed by atoms with Crippen LogP contribution in [0.4, 0.5) is 0 Å². The minimum Gasteiger partial charge on any atom is -0.339 e. The molecule has 98 valence electrons. The van der Waals surface area contributed by atoms with Gasteiger partial charge in [-0.05, 0) is 42.4 Å². The molecule has 2 unspecified atom stereocenters. The molecule has 1 N–H and O–H groups in total. The summed E-state index contributed by atoms with van der Waals surface area (Å²) in [5.41, 5.74) is 0. The fourth-order valence-electron chi connectivity index (χ4n) is 1.86. The molecule has 0 aliphatic carbocycles. The topological polar surface area (TPSA) is 51.0 Å². The molecule has 2 aromatic heterocycles. The highest BCUT2D eigenvalue weighted by Crippen LogP contribution is 2.30. The van der Waals surface area contributed by atoms with E-state index in [1.165, 1.54) is 0 Å². The molecule has 18 heavy (non-hydrogen) atoms. The van der Waals surface area contributed by atoms with Gasteiger partial charge in [-0.25, -0.2) is 0 Å². The third-order valence-corrected chi connectivity index (χ3v) is 4.73. The van der Waals surface area contributed by atoms with Gasteiger partial charge in [0.2, 0.25) is 11.7 Å². The van der Waals surface area contributed by atoms with Crippen LogP contribution in [0.1, 0.15) is 32.1 Å². The maximum absolute atomic E-state index is 5.39. The molecule has 2 heterocycles. The second-order valence-corrected chi connectivity index (χ2v) is 6.00. The van der Waals surface area contributed by atoms with Gasteiger partial charge >= 0.3 is 0 Å². The number of thiophene rings is 1. The molecule has 0 saturated heterocycles. The number of nitrogens with zero attached hydrogens (tertiary/aromatic N) is 2. The van der Waals surface area contributed by atoms with E-state index in [0.717, 1.165) is 15.8 Å². The van der Waals surface area contributed by atoms with Crippen LogP contribution in [0.15, 0.2) is 20.4 Å². The number of likely N-dealkylation sites (N-methyl/N-ethyl adjacent to an activating group) is 1. The van der Waals surface area contributed by atoms with E-state index in [-0.39, 0.29) is 5.92 Å². The zero-order chi connectivity index (χ0) is 13.1. The third-order valence-electron chi connectivity index (χ3n) is 3.05. The van der Waals surface area contributed by atoms with E-state index in [4.69, 9.17) is 4.52 Å². The third kappa shape index (κ3) is 2.81. The molecule has 0 fully saturated rings. The maximum atomic E-state index is 5.39. The lowest BCUT2D eigenvalue weighted by Gasteiger charge is -2.17. The fraction of sp³-hybridized carbons (Fsp3) is 0.500. The Labute approximate surface area is 119 Å². The van der Waals surface area contributed by atoms with Gasteiger partial charge in [0.15, 0.2) is 0 Å². The average Bonchev–Trinajstić information content (AvgIpc) is 2.98. The van der Waals surface area contributed by atoms with Crippen molar-refractivity contribution in [3.8, 4) is 10.7 Å².